The summed E-state index contributed by atoms with van der Waals surface area (Å²) in [5, 5.41) is 7.81. The van der Waals surface area contributed by atoms with Crippen LogP contribution in [0.4, 0.5) is 0 Å². The van der Waals surface area contributed by atoms with Gasteiger partial charge in [0.1, 0.15) is 0 Å². The van der Waals surface area contributed by atoms with Crippen LogP contribution in [0.3, 0.4) is 0 Å². The Hall–Kier alpha value is -1.39. The van der Waals surface area contributed by atoms with Gasteiger partial charge < -0.3 is 10.2 Å². The number of nitrogens with one attached hydrogen (secondary N) is 1. The molecule has 0 aliphatic rings. The Bertz CT molecular complexity index is 475. The molecule has 0 bridgehead atoms. The molecule has 0 amide bonds. The van der Waals surface area contributed by atoms with E-state index in [0.29, 0.717) is 0 Å². The van der Waals surface area contributed by atoms with Crippen molar-refractivity contribution in [1.82, 2.24) is 19.8 Å². The maximum atomic E-state index is 4.33. The number of rotatable bonds is 7. The molecule has 4 nitrogen and oxygen atoms in total. The minimum Gasteiger partial charge on any atom is -0.313 e. The van der Waals surface area contributed by atoms with E-state index < -0.39 is 0 Å². The molecule has 2 heterocycles. The molecule has 1 N–H and O–H groups in total. The van der Waals surface area contributed by atoms with E-state index >= 15 is 0 Å². The molecule has 2 aromatic rings. The van der Waals surface area contributed by atoms with Gasteiger partial charge in [0.2, 0.25) is 0 Å². The summed E-state index contributed by atoms with van der Waals surface area (Å²) in [6.45, 7) is 3.13. The highest BCUT2D eigenvalue weighted by Gasteiger charge is 2.01. The molecule has 0 saturated heterocycles. The van der Waals surface area contributed by atoms with Gasteiger partial charge in [-0.2, -0.15) is 5.10 Å². The van der Waals surface area contributed by atoms with Gasteiger partial charge in [-0.3, -0.25) is 0 Å². The molecule has 0 aromatic carbocycles. The second-order valence-corrected chi connectivity index (χ2v) is 4.89. The largest absolute Gasteiger partial charge is 0.313 e. The fraction of sp³-hybridized carbons (Fsp3) is 0.500. The van der Waals surface area contributed by atoms with Crippen molar-refractivity contribution in [3.05, 3.63) is 36.2 Å². The summed E-state index contributed by atoms with van der Waals surface area (Å²) >= 11 is 0. The van der Waals surface area contributed by atoms with Crippen molar-refractivity contribution in [3.63, 3.8) is 0 Å². The van der Waals surface area contributed by atoms with Crippen LogP contribution in [0.25, 0.3) is 5.52 Å². The van der Waals surface area contributed by atoms with E-state index in [9.17, 15) is 0 Å². The quantitative estimate of drug-likeness (QED) is 0.756. The molecular formula is C14H22N4. The number of aromatic nitrogens is 2. The van der Waals surface area contributed by atoms with Crippen LogP contribution >= 0.6 is 0 Å². The van der Waals surface area contributed by atoms with Gasteiger partial charge in [0.05, 0.1) is 11.7 Å². The molecule has 0 fully saturated rings. The van der Waals surface area contributed by atoms with Crippen molar-refractivity contribution in [2.24, 2.45) is 0 Å². The highest BCUT2D eigenvalue weighted by atomic mass is 15.2. The van der Waals surface area contributed by atoms with Crippen molar-refractivity contribution in [1.29, 1.82) is 0 Å². The van der Waals surface area contributed by atoms with Crippen molar-refractivity contribution >= 4 is 5.52 Å². The second-order valence-electron chi connectivity index (χ2n) is 4.89. The highest BCUT2D eigenvalue weighted by Crippen LogP contribution is 2.09. The van der Waals surface area contributed by atoms with Gasteiger partial charge in [-0.1, -0.05) is 6.07 Å². The van der Waals surface area contributed by atoms with E-state index in [1.54, 1.807) is 0 Å². The maximum Gasteiger partial charge on any atom is 0.0706 e. The van der Waals surface area contributed by atoms with E-state index in [-0.39, 0.29) is 0 Å². The summed E-state index contributed by atoms with van der Waals surface area (Å²) in [7, 11) is 4.23. The van der Waals surface area contributed by atoms with Crippen LogP contribution in [0, 0.1) is 0 Å². The predicted molar refractivity (Wildman–Crippen MR) is 74.7 cm³/mol. The second kappa shape index (κ2) is 6.52. The maximum absolute atomic E-state index is 4.33. The third-order valence-electron chi connectivity index (χ3n) is 3.03. The minimum absolute atomic E-state index is 0.898. The topological polar surface area (TPSA) is 32.6 Å². The summed E-state index contributed by atoms with van der Waals surface area (Å²) < 4.78 is 1.92. The van der Waals surface area contributed by atoms with Crippen molar-refractivity contribution < 1.29 is 0 Å². The molecule has 0 aliphatic heterocycles. The minimum atomic E-state index is 0.898. The van der Waals surface area contributed by atoms with E-state index in [1.165, 1.54) is 30.5 Å². The number of hydrogen-bond donors (Lipinski definition) is 1. The molecule has 0 spiro atoms. The molecule has 18 heavy (non-hydrogen) atoms. The molecule has 0 aliphatic carbocycles. The van der Waals surface area contributed by atoms with Gasteiger partial charge >= 0.3 is 0 Å². The zero-order chi connectivity index (χ0) is 12.8. The van der Waals surface area contributed by atoms with Gasteiger partial charge in [-0.05, 0) is 52.2 Å². The Labute approximate surface area is 109 Å². The van der Waals surface area contributed by atoms with Crippen molar-refractivity contribution in [2.45, 2.75) is 19.4 Å². The number of fused-ring (bicyclic) bond motifs is 1. The summed E-state index contributed by atoms with van der Waals surface area (Å²) in [6.07, 6.45) is 6.39. The zero-order valence-electron chi connectivity index (χ0n) is 11.3. The average Bonchev–Trinajstić information content (AvgIpc) is 2.77. The highest BCUT2D eigenvalue weighted by molar-refractivity contribution is 5.53. The molecule has 4 heteroatoms. The van der Waals surface area contributed by atoms with Gasteiger partial charge in [0, 0.05) is 18.3 Å². The Balaban J connectivity index is 1.74. The first-order valence-electron chi connectivity index (χ1n) is 6.54. The fourth-order valence-electron chi connectivity index (χ4n) is 2.02. The van der Waals surface area contributed by atoms with Gasteiger partial charge in [-0.25, -0.2) is 4.52 Å². The lowest BCUT2D eigenvalue weighted by molar-refractivity contribution is 0.391. The lowest BCUT2D eigenvalue weighted by Gasteiger charge is -2.09. The fourth-order valence-corrected chi connectivity index (χ4v) is 2.02. The van der Waals surface area contributed by atoms with E-state index in [2.05, 4.69) is 41.5 Å². The smallest absolute Gasteiger partial charge is 0.0706 e. The van der Waals surface area contributed by atoms with Gasteiger partial charge in [0.15, 0.2) is 0 Å². The van der Waals surface area contributed by atoms with E-state index in [1.807, 2.05) is 23.0 Å². The van der Waals surface area contributed by atoms with Crippen LogP contribution < -0.4 is 5.32 Å². The number of hydrogen-bond acceptors (Lipinski definition) is 3. The number of nitrogens with zero attached hydrogens (tertiary/aromatic N) is 3. The summed E-state index contributed by atoms with van der Waals surface area (Å²) in [5.41, 5.74) is 2.46. The summed E-state index contributed by atoms with van der Waals surface area (Å²) in [5.74, 6) is 0. The molecule has 0 unspecified atom stereocenters. The predicted octanol–water partition coefficient (Wildman–Crippen LogP) is 1.77. The molecule has 0 atom stereocenters. The summed E-state index contributed by atoms with van der Waals surface area (Å²) in [4.78, 5) is 2.23. The number of unbranched alkanes of at least 4 members (excludes halogenated alkanes) is 1. The number of pyridine rings is 1. The summed E-state index contributed by atoms with van der Waals surface area (Å²) in [6, 6.07) is 6.16. The Morgan fingerprint density at radius 1 is 1.28 bits per heavy atom. The Morgan fingerprint density at radius 3 is 3.00 bits per heavy atom. The SMILES string of the molecule is CN(C)CCCCNCc1cnn2ccccc12. The first-order chi connectivity index (χ1) is 8.77. The van der Waals surface area contributed by atoms with Crippen molar-refractivity contribution in [2.75, 3.05) is 27.2 Å². The monoisotopic (exact) mass is 246 g/mol. The first-order valence-corrected chi connectivity index (χ1v) is 6.54. The third-order valence-corrected chi connectivity index (χ3v) is 3.03. The average molecular weight is 246 g/mol. The van der Waals surface area contributed by atoms with Crippen LogP contribution in [0.5, 0.6) is 0 Å². The van der Waals surface area contributed by atoms with E-state index in [4.69, 9.17) is 0 Å². The molecular weight excluding hydrogens is 224 g/mol. The standard InChI is InChI=1S/C14H22N4/c1-17(2)9-6-4-8-15-11-13-12-16-18-10-5-3-7-14(13)18/h3,5,7,10,12,15H,4,6,8-9,11H2,1-2H3. The van der Waals surface area contributed by atoms with Gasteiger partial charge in [0.25, 0.3) is 0 Å². The molecule has 2 aromatic heterocycles. The molecule has 0 radical (unpaired) electrons. The van der Waals surface area contributed by atoms with Crippen LogP contribution in [0.15, 0.2) is 30.6 Å². The first kappa shape index (κ1) is 13.1. The van der Waals surface area contributed by atoms with E-state index in [0.717, 1.165) is 13.1 Å². The Morgan fingerprint density at radius 2 is 2.17 bits per heavy atom. The Kier molecular flexibility index (Phi) is 4.73. The van der Waals surface area contributed by atoms with Crippen LogP contribution in [-0.4, -0.2) is 41.7 Å². The van der Waals surface area contributed by atoms with Crippen LogP contribution in [-0.2, 0) is 6.54 Å². The lowest BCUT2D eigenvalue weighted by Crippen LogP contribution is -2.18. The zero-order valence-corrected chi connectivity index (χ0v) is 11.3. The lowest BCUT2D eigenvalue weighted by atomic mass is 10.2. The molecule has 2 rings (SSSR count). The normalized spacial score (nSPS) is 11.5. The van der Waals surface area contributed by atoms with Crippen molar-refractivity contribution in [3.8, 4) is 0 Å². The molecule has 98 valence electrons. The van der Waals surface area contributed by atoms with Gasteiger partial charge in [-0.15, -0.1) is 0 Å². The molecule has 0 saturated carbocycles. The third kappa shape index (κ3) is 3.55. The van der Waals surface area contributed by atoms with Crippen LogP contribution in [0.2, 0.25) is 0 Å². The van der Waals surface area contributed by atoms with Crippen LogP contribution in [0.1, 0.15) is 18.4 Å².